The molecule has 2 aromatic rings. The molecule has 8 heteroatoms. The minimum absolute atomic E-state index is 0.0726. The topological polar surface area (TPSA) is 109 Å². The molecule has 2 heterocycles. The summed E-state index contributed by atoms with van der Waals surface area (Å²) in [5.41, 5.74) is -1.03. The van der Waals surface area contributed by atoms with Crippen molar-refractivity contribution in [2.24, 2.45) is 0 Å². The second-order valence-corrected chi connectivity index (χ2v) is 5.40. The molecule has 130 valence electrons. The number of aromatic amines is 1. The first-order valence-corrected chi connectivity index (χ1v) is 7.77. The van der Waals surface area contributed by atoms with Crippen molar-refractivity contribution < 1.29 is 14.3 Å². The van der Waals surface area contributed by atoms with E-state index in [0.29, 0.717) is 12.2 Å². The van der Waals surface area contributed by atoms with Crippen molar-refractivity contribution in [3.63, 3.8) is 0 Å². The van der Waals surface area contributed by atoms with Gasteiger partial charge in [0.25, 0.3) is 5.56 Å². The summed E-state index contributed by atoms with van der Waals surface area (Å²) in [5, 5.41) is 9.51. The molecule has 2 N–H and O–H groups in total. The fraction of sp³-hybridized carbons (Fsp3) is 0.438. The van der Waals surface area contributed by atoms with Crippen LogP contribution < -0.4 is 11.2 Å². The first-order valence-electron chi connectivity index (χ1n) is 7.77. The van der Waals surface area contributed by atoms with Gasteiger partial charge in [0, 0.05) is 25.2 Å². The van der Waals surface area contributed by atoms with Gasteiger partial charge in [0.1, 0.15) is 5.76 Å². The van der Waals surface area contributed by atoms with Crippen LogP contribution in [0.4, 0.5) is 0 Å². The van der Waals surface area contributed by atoms with Crippen LogP contribution in [-0.4, -0.2) is 38.1 Å². The van der Waals surface area contributed by atoms with Crippen LogP contribution >= 0.6 is 0 Å². The molecule has 2 aromatic heterocycles. The highest BCUT2D eigenvalue weighted by Gasteiger charge is 2.22. The van der Waals surface area contributed by atoms with Crippen LogP contribution in [0.3, 0.4) is 0 Å². The first kappa shape index (κ1) is 17.7. The van der Waals surface area contributed by atoms with Crippen LogP contribution in [0, 0.1) is 0 Å². The van der Waals surface area contributed by atoms with Gasteiger partial charge < -0.3 is 19.0 Å². The lowest BCUT2D eigenvalue weighted by Crippen LogP contribution is -2.42. The van der Waals surface area contributed by atoms with Crippen molar-refractivity contribution in [2.75, 3.05) is 6.61 Å². The van der Waals surface area contributed by atoms with E-state index in [1.165, 1.54) is 23.1 Å². The summed E-state index contributed by atoms with van der Waals surface area (Å²) in [6.07, 6.45) is 3.55. The number of amides is 1. The molecular formula is C16H21N3O5. The Balaban J connectivity index is 2.09. The fourth-order valence-electron chi connectivity index (χ4n) is 2.42. The number of furan rings is 1. The maximum Gasteiger partial charge on any atom is 0.328 e. The van der Waals surface area contributed by atoms with Gasteiger partial charge in [-0.1, -0.05) is 6.92 Å². The lowest BCUT2D eigenvalue weighted by Gasteiger charge is -2.29. The van der Waals surface area contributed by atoms with E-state index >= 15 is 0 Å². The molecule has 0 bridgehead atoms. The molecule has 2 rings (SSSR count). The van der Waals surface area contributed by atoms with E-state index in [2.05, 4.69) is 4.98 Å². The number of hydrogen-bond donors (Lipinski definition) is 2. The van der Waals surface area contributed by atoms with Crippen molar-refractivity contribution in [3.05, 3.63) is 57.3 Å². The van der Waals surface area contributed by atoms with Crippen LogP contribution in [0.5, 0.6) is 0 Å². The smallest absolute Gasteiger partial charge is 0.328 e. The quantitative estimate of drug-likeness (QED) is 0.722. The zero-order valence-corrected chi connectivity index (χ0v) is 13.5. The molecule has 1 atom stereocenters. The molecule has 0 saturated heterocycles. The first-order chi connectivity index (χ1) is 11.5. The molecular weight excluding hydrogens is 314 g/mol. The SMILES string of the molecule is CC[C@@H](CO)N(Cc1ccco1)C(=O)CCn1ccc(=O)[nH]c1=O. The molecule has 8 nitrogen and oxygen atoms in total. The molecule has 0 fully saturated rings. The van der Waals surface area contributed by atoms with Crippen LogP contribution in [-0.2, 0) is 17.9 Å². The average molecular weight is 335 g/mol. The molecule has 0 saturated carbocycles. The van der Waals surface area contributed by atoms with Crippen molar-refractivity contribution >= 4 is 5.91 Å². The standard InChI is InChI=1S/C16H21N3O5/c1-2-12(11-20)19(10-13-4-3-9-24-13)15(22)6-8-18-7-5-14(21)17-16(18)23/h3-5,7,9,12,20H,2,6,8,10-11H2,1H3,(H,17,21,23)/t12-/m0/s1. The van der Waals surface area contributed by atoms with Gasteiger partial charge in [-0.25, -0.2) is 4.79 Å². The summed E-state index contributed by atoms with van der Waals surface area (Å²) in [5.74, 6) is 0.418. The van der Waals surface area contributed by atoms with Crippen LogP contribution in [0.25, 0.3) is 0 Å². The second kappa shape index (κ2) is 8.30. The fourth-order valence-corrected chi connectivity index (χ4v) is 2.42. The number of carbonyl (C=O) groups is 1. The summed E-state index contributed by atoms with van der Waals surface area (Å²) in [4.78, 5) is 39.0. The zero-order valence-electron chi connectivity index (χ0n) is 13.5. The van der Waals surface area contributed by atoms with Crippen LogP contribution in [0.2, 0.25) is 0 Å². The number of aliphatic hydroxyl groups excluding tert-OH is 1. The van der Waals surface area contributed by atoms with Crippen molar-refractivity contribution in [1.29, 1.82) is 0 Å². The van der Waals surface area contributed by atoms with Gasteiger partial charge in [-0.15, -0.1) is 0 Å². The minimum Gasteiger partial charge on any atom is -0.467 e. The third-order valence-electron chi connectivity index (χ3n) is 3.81. The molecule has 0 aromatic carbocycles. The summed E-state index contributed by atoms with van der Waals surface area (Å²) < 4.78 is 6.55. The van der Waals surface area contributed by atoms with Gasteiger partial charge in [-0.2, -0.15) is 0 Å². The predicted molar refractivity (Wildman–Crippen MR) is 86.4 cm³/mol. The number of aryl methyl sites for hydroxylation is 1. The molecule has 0 spiro atoms. The number of carbonyl (C=O) groups excluding carboxylic acids is 1. The number of nitrogens with zero attached hydrogens (tertiary/aromatic N) is 2. The summed E-state index contributed by atoms with van der Waals surface area (Å²) in [7, 11) is 0. The number of rotatable bonds is 8. The Morgan fingerprint density at radius 3 is 2.79 bits per heavy atom. The van der Waals surface area contributed by atoms with Gasteiger partial charge in [0.2, 0.25) is 5.91 Å². The Morgan fingerprint density at radius 1 is 1.42 bits per heavy atom. The van der Waals surface area contributed by atoms with Crippen molar-refractivity contribution in [1.82, 2.24) is 14.5 Å². The zero-order chi connectivity index (χ0) is 17.5. The van der Waals surface area contributed by atoms with E-state index in [4.69, 9.17) is 4.42 Å². The summed E-state index contributed by atoms with van der Waals surface area (Å²) in [6.45, 7) is 2.13. The third-order valence-corrected chi connectivity index (χ3v) is 3.81. The van der Waals surface area contributed by atoms with Gasteiger partial charge in [-0.3, -0.25) is 14.6 Å². The van der Waals surface area contributed by atoms with E-state index < -0.39 is 11.2 Å². The summed E-state index contributed by atoms with van der Waals surface area (Å²) in [6, 6.07) is 4.40. The Labute approximate surface area is 138 Å². The molecule has 0 unspecified atom stereocenters. The lowest BCUT2D eigenvalue weighted by atomic mass is 10.1. The highest BCUT2D eigenvalue weighted by Crippen LogP contribution is 2.13. The van der Waals surface area contributed by atoms with Gasteiger partial charge >= 0.3 is 5.69 Å². The average Bonchev–Trinajstić information content (AvgIpc) is 3.07. The number of hydrogen-bond acceptors (Lipinski definition) is 5. The molecule has 0 aliphatic rings. The van der Waals surface area contributed by atoms with Crippen molar-refractivity contribution in [3.8, 4) is 0 Å². The van der Waals surface area contributed by atoms with E-state index in [1.54, 1.807) is 17.0 Å². The number of nitrogens with one attached hydrogen (secondary N) is 1. The van der Waals surface area contributed by atoms with Gasteiger partial charge in [0.05, 0.1) is 25.5 Å². The maximum absolute atomic E-state index is 12.6. The second-order valence-electron chi connectivity index (χ2n) is 5.40. The normalized spacial score (nSPS) is 12.1. The van der Waals surface area contributed by atoms with Gasteiger partial charge in [-0.05, 0) is 18.6 Å². The lowest BCUT2D eigenvalue weighted by molar-refractivity contribution is -0.135. The Hall–Kier alpha value is -2.61. The van der Waals surface area contributed by atoms with Crippen molar-refractivity contribution in [2.45, 2.75) is 38.9 Å². The van der Waals surface area contributed by atoms with E-state index in [0.717, 1.165) is 0 Å². The van der Waals surface area contributed by atoms with Crippen LogP contribution in [0.15, 0.2) is 44.7 Å². The van der Waals surface area contributed by atoms with E-state index in [1.807, 2.05) is 6.92 Å². The maximum atomic E-state index is 12.6. The molecule has 0 radical (unpaired) electrons. The predicted octanol–water partition coefficient (Wildman–Crippen LogP) is 0.319. The highest BCUT2D eigenvalue weighted by molar-refractivity contribution is 5.76. The molecule has 0 aliphatic heterocycles. The van der Waals surface area contributed by atoms with Crippen LogP contribution in [0.1, 0.15) is 25.5 Å². The van der Waals surface area contributed by atoms with E-state index in [9.17, 15) is 19.5 Å². The largest absolute Gasteiger partial charge is 0.467 e. The Kier molecular flexibility index (Phi) is 6.14. The number of H-pyrrole nitrogens is 1. The molecule has 1 amide bonds. The molecule has 0 aliphatic carbocycles. The number of aliphatic hydroxyl groups is 1. The minimum atomic E-state index is -0.554. The third kappa shape index (κ3) is 4.45. The summed E-state index contributed by atoms with van der Waals surface area (Å²) >= 11 is 0. The van der Waals surface area contributed by atoms with Gasteiger partial charge in [0.15, 0.2) is 0 Å². The number of aromatic nitrogens is 2. The Bertz CT molecular complexity index is 759. The monoisotopic (exact) mass is 335 g/mol. The molecule has 24 heavy (non-hydrogen) atoms. The van der Waals surface area contributed by atoms with E-state index in [-0.39, 0.29) is 38.1 Å². The Morgan fingerprint density at radius 2 is 2.21 bits per heavy atom. The highest BCUT2D eigenvalue weighted by atomic mass is 16.3.